The van der Waals surface area contributed by atoms with Crippen molar-refractivity contribution in [2.45, 2.75) is 11.7 Å². The van der Waals surface area contributed by atoms with Crippen molar-refractivity contribution >= 4 is 29.3 Å². The van der Waals surface area contributed by atoms with Crippen molar-refractivity contribution in [3.05, 3.63) is 108 Å². The first-order chi connectivity index (χ1) is 17.7. The molecule has 7 nitrogen and oxygen atoms in total. The molecule has 5 aromatic rings. The monoisotopic (exact) mass is 516 g/mol. The van der Waals surface area contributed by atoms with Crippen LogP contribution in [-0.4, -0.2) is 26.4 Å². The highest BCUT2D eigenvalue weighted by molar-refractivity contribution is 7.99. The number of hydrogen-bond acceptors (Lipinski definition) is 6. The van der Waals surface area contributed by atoms with E-state index in [2.05, 4.69) is 15.5 Å². The van der Waals surface area contributed by atoms with Gasteiger partial charge in [-0.1, -0.05) is 41.6 Å². The van der Waals surface area contributed by atoms with Crippen LogP contribution in [0.25, 0.3) is 17.1 Å². The molecule has 0 aliphatic heterocycles. The van der Waals surface area contributed by atoms with E-state index >= 15 is 0 Å². The first kappa shape index (κ1) is 23.7. The lowest BCUT2D eigenvalue weighted by Gasteiger charge is -2.12. The van der Waals surface area contributed by atoms with E-state index in [1.807, 2.05) is 89.5 Å². The lowest BCUT2D eigenvalue weighted by Crippen LogP contribution is -2.24. The number of hydrogen-bond donors (Lipinski definition) is 1. The van der Waals surface area contributed by atoms with Gasteiger partial charge in [0, 0.05) is 16.3 Å². The highest BCUT2D eigenvalue weighted by Gasteiger charge is 2.18. The number of rotatable bonds is 9. The van der Waals surface area contributed by atoms with Gasteiger partial charge >= 0.3 is 0 Å². The number of carbonyl (C=O) groups is 1. The number of nitrogens with zero attached hydrogens (tertiary/aromatic N) is 3. The van der Waals surface area contributed by atoms with Crippen LogP contribution in [0.4, 0.5) is 0 Å². The highest BCUT2D eigenvalue weighted by atomic mass is 35.5. The number of benzene rings is 3. The maximum atomic E-state index is 12.4. The Balaban J connectivity index is 1.38. The minimum Gasteiger partial charge on any atom is -0.467 e. The molecule has 0 radical (unpaired) electrons. The molecule has 36 heavy (non-hydrogen) atoms. The zero-order valence-corrected chi connectivity index (χ0v) is 20.6. The van der Waals surface area contributed by atoms with Gasteiger partial charge in [0.05, 0.1) is 18.6 Å². The van der Waals surface area contributed by atoms with Crippen LogP contribution < -0.4 is 10.1 Å². The molecule has 2 aromatic heterocycles. The Bertz CT molecular complexity index is 1420. The maximum Gasteiger partial charge on any atom is 0.230 e. The summed E-state index contributed by atoms with van der Waals surface area (Å²) in [6.45, 7) is 0.331. The minimum atomic E-state index is -0.134. The molecular formula is C27H21ClN4O3S. The van der Waals surface area contributed by atoms with Crippen LogP contribution in [0.3, 0.4) is 0 Å². The van der Waals surface area contributed by atoms with Gasteiger partial charge in [0.15, 0.2) is 11.0 Å². The number of thioether (sulfide) groups is 1. The van der Waals surface area contributed by atoms with Gasteiger partial charge in [0.25, 0.3) is 0 Å². The Hall–Kier alpha value is -4.01. The Morgan fingerprint density at radius 1 is 0.917 bits per heavy atom. The van der Waals surface area contributed by atoms with Gasteiger partial charge in [-0.25, -0.2) is 0 Å². The highest BCUT2D eigenvalue weighted by Crippen LogP contribution is 2.30. The lowest BCUT2D eigenvalue weighted by molar-refractivity contribution is -0.118. The molecule has 5 rings (SSSR count). The van der Waals surface area contributed by atoms with Gasteiger partial charge in [-0.2, -0.15) is 0 Å². The normalized spacial score (nSPS) is 10.8. The number of furan rings is 1. The van der Waals surface area contributed by atoms with Crippen LogP contribution in [0, 0.1) is 0 Å². The van der Waals surface area contributed by atoms with Crippen LogP contribution in [-0.2, 0) is 11.3 Å². The van der Waals surface area contributed by atoms with Crippen LogP contribution in [0.15, 0.2) is 107 Å². The lowest BCUT2D eigenvalue weighted by atomic mass is 10.2. The average molecular weight is 517 g/mol. The molecule has 9 heteroatoms. The van der Waals surface area contributed by atoms with E-state index in [-0.39, 0.29) is 11.7 Å². The molecule has 0 saturated carbocycles. The Morgan fingerprint density at radius 3 is 2.39 bits per heavy atom. The van der Waals surface area contributed by atoms with Crippen LogP contribution >= 0.6 is 23.4 Å². The summed E-state index contributed by atoms with van der Waals surface area (Å²) in [7, 11) is 0. The Morgan fingerprint density at radius 2 is 1.67 bits per heavy atom. The van der Waals surface area contributed by atoms with Gasteiger partial charge in [0.2, 0.25) is 5.91 Å². The van der Waals surface area contributed by atoms with Gasteiger partial charge in [0.1, 0.15) is 17.3 Å². The second-order valence-corrected chi connectivity index (χ2v) is 9.08. The van der Waals surface area contributed by atoms with Crippen molar-refractivity contribution in [3.8, 4) is 28.6 Å². The SMILES string of the molecule is O=C(CSc1nnc(-c2ccc(Cl)cc2)n1-c1ccc(Oc2ccccc2)cc1)NCc1ccco1. The fourth-order valence-corrected chi connectivity index (χ4v) is 4.36. The van der Waals surface area contributed by atoms with Crippen molar-refractivity contribution < 1.29 is 13.9 Å². The summed E-state index contributed by atoms with van der Waals surface area (Å²) in [5, 5.41) is 12.9. The smallest absolute Gasteiger partial charge is 0.230 e. The first-order valence-corrected chi connectivity index (χ1v) is 12.5. The third-order valence-electron chi connectivity index (χ3n) is 5.18. The van der Waals surface area contributed by atoms with Crippen molar-refractivity contribution in [3.63, 3.8) is 0 Å². The Labute approximate surface area is 217 Å². The molecule has 0 bridgehead atoms. The average Bonchev–Trinajstić information content (AvgIpc) is 3.58. The number of carbonyl (C=O) groups excluding carboxylic acids is 1. The summed E-state index contributed by atoms with van der Waals surface area (Å²) in [6, 6.07) is 28.2. The third kappa shape index (κ3) is 5.79. The molecular weight excluding hydrogens is 496 g/mol. The van der Waals surface area contributed by atoms with Crippen LogP contribution in [0.1, 0.15) is 5.76 Å². The number of halogens is 1. The second kappa shape index (κ2) is 11.2. The number of aromatic nitrogens is 3. The maximum absolute atomic E-state index is 12.4. The molecule has 0 spiro atoms. The molecule has 1 N–H and O–H groups in total. The zero-order chi connectivity index (χ0) is 24.7. The summed E-state index contributed by atoms with van der Waals surface area (Å²) < 4.78 is 13.1. The molecule has 0 saturated heterocycles. The molecule has 0 atom stereocenters. The number of amides is 1. The summed E-state index contributed by atoms with van der Waals surface area (Å²) in [5.41, 5.74) is 1.69. The van der Waals surface area contributed by atoms with Crippen LogP contribution in [0.2, 0.25) is 5.02 Å². The molecule has 180 valence electrons. The summed E-state index contributed by atoms with van der Waals surface area (Å²) in [5.74, 6) is 2.84. The predicted molar refractivity (Wildman–Crippen MR) is 140 cm³/mol. The molecule has 0 aliphatic carbocycles. The van der Waals surface area contributed by atoms with Crippen molar-refractivity contribution in [2.24, 2.45) is 0 Å². The number of nitrogens with one attached hydrogen (secondary N) is 1. The van der Waals surface area contributed by atoms with E-state index in [1.54, 1.807) is 12.3 Å². The second-order valence-electron chi connectivity index (χ2n) is 7.70. The standard InChI is InChI=1S/C27H21ClN4O3S/c28-20-10-8-19(9-11-20)26-30-31-27(36-18-25(33)29-17-24-7-4-16-34-24)32(26)21-12-14-23(15-13-21)35-22-5-2-1-3-6-22/h1-16H,17-18H2,(H,29,33). The molecule has 1 amide bonds. The van der Waals surface area contributed by atoms with Crippen molar-refractivity contribution in [2.75, 3.05) is 5.75 Å². The van der Waals surface area contributed by atoms with E-state index in [0.717, 1.165) is 17.0 Å². The summed E-state index contributed by atoms with van der Waals surface area (Å²) >= 11 is 7.39. The van der Waals surface area contributed by atoms with Gasteiger partial charge in [-0.3, -0.25) is 9.36 Å². The van der Waals surface area contributed by atoms with Crippen LogP contribution in [0.5, 0.6) is 11.5 Å². The number of para-hydroxylation sites is 1. The number of ether oxygens (including phenoxy) is 1. The minimum absolute atomic E-state index is 0.134. The van der Waals surface area contributed by atoms with E-state index in [9.17, 15) is 4.79 Å². The molecule has 0 unspecified atom stereocenters. The van der Waals surface area contributed by atoms with E-state index < -0.39 is 0 Å². The molecule has 0 fully saturated rings. The molecule has 2 heterocycles. The summed E-state index contributed by atoms with van der Waals surface area (Å²) in [4.78, 5) is 12.4. The fourth-order valence-electron chi connectivity index (χ4n) is 3.45. The van der Waals surface area contributed by atoms with E-state index in [0.29, 0.717) is 34.1 Å². The fraction of sp³-hybridized carbons (Fsp3) is 0.0741. The van der Waals surface area contributed by atoms with Gasteiger partial charge in [-0.15, -0.1) is 10.2 Å². The predicted octanol–water partition coefficient (Wildman–Crippen LogP) is 6.38. The van der Waals surface area contributed by atoms with E-state index in [4.69, 9.17) is 20.8 Å². The molecule has 3 aromatic carbocycles. The summed E-state index contributed by atoms with van der Waals surface area (Å²) in [6.07, 6.45) is 1.58. The van der Waals surface area contributed by atoms with Crippen molar-refractivity contribution in [1.82, 2.24) is 20.1 Å². The molecule has 0 aliphatic rings. The topological polar surface area (TPSA) is 82.2 Å². The zero-order valence-electron chi connectivity index (χ0n) is 19.0. The third-order valence-corrected chi connectivity index (χ3v) is 6.36. The van der Waals surface area contributed by atoms with Crippen molar-refractivity contribution in [1.29, 1.82) is 0 Å². The van der Waals surface area contributed by atoms with Gasteiger partial charge in [-0.05, 0) is 72.8 Å². The largest absolute Gasteiger partial charge is 0.467 e. The Kier molecular flexibility index (Phi) is 7.35. The van der Waals surface area contributed by atoms with Gasteiger partial charge < -0.3 is 14.5 Å². The van der Waals surface area contributed by atoms with E-state index in [1.165, 1.54) is 11.8 Å². The quantitative estimate of drug-likeness (QED) is 0.229. The first-order valence-electron chi connectivity index (χ1n) is 11.1.